The van der Waals surface area contributed by atoms with E-state index in [0.717, 1.165) is 18.9 Å². The molecule has 0 bridgehead atoms. The van der Waals surface area contributed by atoms with Crippen LogP contribution in [-0.2, 0) is 14.8 Å². The van der Waals surface area contributed by atoms with Gasteiger partial charge in [0.05, 0.1) is 6.54 Å². The maximum Gasteiger partial charge on any atom is 0.246 e. The van der Waals surface area contributed by atoms with Crippen molar-refractivity contribution in [3.8, 4) is 0 Å². The molecule has 8 heteroatoms. The average Bonchev–Trinajstić information content (AvgIpc) is 2.60. The molecule has 1 aliphatic rings. The highest BCUT2D eigenvalue weighted by Crippen LogP contribution is 2.20. The monoisotopic (exact) mass is 399 g/mol. The van der Waals surface area contributed by atoms with E-state index in [2.05, 4.69) is 19.2 Å². The van der Waals surface area contributed by atoms with E-state index in [0.29, 0.717) is 19.0 Å². The van der Waals surface area contributed by atoms with Gasteiger partial charge in [0.15, 0.2) is 0 Å². The van der Waals surface area contributed by atoms with Crippen LogP contribution in [0.15, 0.2) is 29.2 Å². The summed E-state index contributed by atoms with van der Waals surface area (Å²) < 4.78 is 40.3. The van der Waals surface area contributed by atoms with Gasteiger partial charge in [0.2, 0.25) is 15.9 Å². The minimum absolute atomic E-state index is 0.0448. The first-order valence-electron chi connectivity index (χ1n) is 9.46. The standard InChI is InChI=1S/C19H30FN3O3S/c1-15(2)8-9-16(3)21-19(24)14-22-10-12-23(13-11-22)27(25,26)18-7-5-4-6-17(18)20/h4-7,15-16H,8-14H2,1-3H3,(H,21,24)/t16-/m1/s1. The summed E-state index contributed by atoms with van der Waals surface area (Å²) in [5.41, 5.74) is 0. The molecule has 1 fully saturated rings. The van der Waals surface area contributed by atoms with Crippen LogP contribution in [0.3, 0.4) is 0 Å². The van der Waals surface area contributed by atoms with Gasteiger partial charge < -0.3 is 5.32 Å². The van der Waals surface area contributed by atoms with Crippen LogP contribution < -0.4 is 5.32 Å². The van der Waals surface area contributed by atoms with E-state index >= 15 is 0 Å². The van der Waals surface area contributed by atoms with Crippen molar-refractivity contribution in [2.24, 2.45) is 5.92 Å². The lowest BCUT2D eigenvalue weighted by atomic mass is 10.0. The third-order valence-electron chi connectivity index (χ3n) is 4.74. The summed E-state index contributed by atoms with van der Waals surface area (Å²) in [7, 11) is -3.85. The largest absolute Gasteiger partial charge is 0.353 e. The van der Waals surface area contributed by atoms with Crippen molar-refractivity contribution in [3.05, 3.63) is 30.1 Å². The maximum atomic E-state index is 13.9. The van der Waals surface area contributed by atoms with Gasteiger partial charge in [0.1, 0.15) is 10.7 Å². The number of rotatable bonds is 8. The van der Waals surface area contributed by atoms with Crippen molar-refractivity contribution >= 4 is 15.9 Å². The van der Waals surface area contributed by atoms with Crippen LogP contribution in [0.1, 0.15) is 33.6 Å². The SMILES string of the molecule is CC(C)CC[C@@H](C)NC(=O)CN1CCN(S(=O)(=O)c2ccccc2F)CC1. The van der Waals surface area contributed by atoms with Gasteiger partial charge in [0, 0.05) is 32.2 Å². The molecule has 1 atom stereocenters. The van der Waals surface area contributed by atoms with Crippen molar-refractivity contribution in [1.82, 2.24) is 14.5 Å². The number of nitrogens with one attached hydrogen (secondary N) is 1. The van der Waals surface area contributed by atoms with E-state index in [4.69, 9.17) is 0 Å². The molecule has 2 rings (SSSR count). The zero-order valence-electron chi connectivity index (χ0n) is 16.3. The van der Waals surface area contributed by atoms with Gasteiger partial charge in [-0.2, -0.15) is 4.31 Å². The summed E-state index contributed by atoms with van der Waals surface area (Å²) in [6.45, 7) is 7.94. The first-order chi connectivity index (χ1) is 12.7. The Hall–Kier alpha value is -1.51. The quantitative estimate of drug-likeness (QED) is 0.727. The zero-order valence-corrected chi connectivity index (χ0v) is 17.1. The van der Waals surface area contributed by atoms with Gasteiger partial charge in [-0.15, -0.1) is 0 Å². The summed E-state index contributed by atoms with van der Waals surface area (Å²) in [4.78, 5) is 13.8. The number of nitrogens with zero attached hydrogens (tertiary/aromatic N) is 2. The molecule has 0 unspecified atom stereocenters. The number of carbonyl (C=O) groups excluding carboxylic acids is 1. The normalized spacial score (nSPS) is 17.8. The van der Waals surface area contributed by atoms with Gasteiger partial charge in [-0.25, -0.2) is 12.8 Å². The molecule has 0 saturated carbocycles. The molecule has 1 aliphatic heterocycles. The third kappa shape index (κ3) is 6.26. The van der Waals surface area contributed by atoms with Crippen LogP contribution in [-0.4, -0.2) is 62.3 Å². The second-order valence-corrected chi connectivity index (χ2v) is 9.46. The van der Waals surface area contributed by atoms with Crippen molar-refractivity contribution < 1.29 is 17.6 Å². The Morgan fingerprint density at radius 1 is 1.11 bits per heavy atom. The second kappa shape index (κ2) is 9.61. The summed E-state index contributed by atoms with van der Waals surface area (Å²) >= 11 is 0. The molecule has 0 aliphatic carbocycles. The zero-order chi connectivity index (χ0) is 20.0. The molecule has 1 amide bonds. The van der Waals surface area contributed by atoms with E-state index in [1.807, 2.05) is 11.8 Å². The van der Waals surface area contributed by atoms with Crippen LogP contribution in [0.2, 0.25) is 0 Å². The molecule has 0 spiro atoms. The predicted octanol–water partition coefficient (Wildman–Crippen LogP) is 2.07. The number of piperazine rings is 1. The van der Waals surface area contributed by atoms with Gasteiger partial charge in [-0.3, -0.25) is 9.69 Å². The number of amides is 1. The Labute approximate surface area is 161 Å². The smallest absolute Gasteiger partial charge is 0.246 e. The van der Waals surface area contributed by atoms with E-state index in [1.165, 1.54) is 22.5 Å². The summed E-state index contributed by atoms with van der Waals surface area (Å²) in [5.74, 6) is -0.180. The van der Waals surface area contributed by atoms with E-state index < -0.39 is 15.8 Å². The predicted molar refractivity (Wildman–Crippen MR) is 103 cm³/mol. The summed E-state index contributed by atoms with van der Waals surface area (Å²) in [6.07, 6.45) is 2.01. The fourth-order valence-corrected chi connectivity index (χ4v) is 4.59. The Morgan fingerprint density at radius 3 is 2.33 bits per heavy atom. The molecular formula is C19H30FN3O3S. The molecule has 6 nitrogen and oxygen atoms in total. The van der Waals surface area contributed by atoms with Crippen LogP contribution >= 0.6 is 0 Å². The molecular weight excluding hydrogens is 369 g/mol. The highest BCUT2D eigenvalue weighted by atomic mass is 32.2. The third-order valence-corrected chi connectivity index (χ3v) is 6.67. The number of carbonyl (C=O) groups is 1. The highest BCUT2D eigenvalue weighted by molar-refractivity contribution is 7.89. The lowest BCUT2D eigenvalue weighted by Crippen LogP contribution is -2.51. The summed E-state index contributed by atoms with van der Waals surface area (Å²) in [5, 5.41) is 3.00. The molecule has 1 aromatic rings. The fraction of sp³-hybridized carbons (Fsp3) is 0.632. The van der Waals surface area contributed by atoms with Crippen LogP contribution in [0.25, 0.3) is 0 Å². The molecule has 0 radical (unpaired) electrons. The highest BCUT2D eigenvalue weighted by Gasteiger charge is 2.30. The number of halogens is 1. The van der Waals surface area contributed by atoms with Gasteiger partial charge in [-0.05, 0) is 37.8 Å². The van der Waals surface area contributed by atoms with Gasteiger partial charge in [-0.1, -0.05) is 26.0 Å². The topological polar surface area (TPSA) is 69.7 Å². The van der Waals surface area contributed by atoms with Crippen LogP contribution in [0.5, 0.6) is 0 Å². The second-order valence-electron chi connectivity index (χ2n) is 7.55. The minimum atomic E-state index is -3.85. The average molecular weight is 400 g/mol. The number of hydrogen-bond donors (Lipinski definition) is 1. The lowest BCUT2D eigenvalue weighted by molar-refractivity contribution is -0.123. The maximum absolute atomic E-state index is 13.9. The molecule has 1 N–H and O–H groups in total. The van der Waals surface area contributed by atoms with Gasteiger partial charge in [0.25, 0.3) is 0 Å². The molecule has 1 heterocycles. The van der Waals surface area contributed by atoms with E-state index in [9.17, 15) is 17.6 Å². The Morgan fingerprint density at radius 2 is 1.74 bits per heavy atom. The first-order valence-corrected chi connectivity index (χ1v) is 10.9. The molecule has 1 aromatic carbocycles. The number of benzene rings is 1. The Kier molecular flexibility index (Phi) is 7.76. The van der Waals surface area contributed by atoms with Crippen LogP contribution in [0.4, 0.5) is 4.39 Å². The van der Waals surface area contributed by atoms with Crippen molar-refractivity contribution in [2.45, 2.75) is 44.6 Å². The van der Waals surface area contributed by atoms with E-state index in [-0.39, 0.29) is 36.5 Å². The first kappa shape index (κ1) is 21.8. The minimum Gasteiger partial charge on any atom is -0.353 e. The van der Waals surface area contributed by atoms with Crippen molar-refractivity contribution in [3.63, 3.8) is 0 Å². The Bertz CT molecular complexity index is 731. The number of sulfonamides is 1. The molecule has 27 heavy (non-hydrogen) atoms. The molecule has 152 valence electrons. The van der Waals surface area contributed by atoms with Crippen molar-refractivity contribution in [2.75, 3.05) is 32.7 Å². The van der Waals surface area contributed by atoms with Crippen LogP contribution in [0, 0.1) is 11.7 Å². The summed E-state index contributed by atoms with van der Waals surface area (Å²) in [6, 6.07) is 5.53. The molecule has 0 aromatic heterocycles. The van der Waals surface area contributed by atoms with Gasteiger partial charge >= 0.3 is 0 Å². The fourth-order valence-electron chi connectivity index (χ4n) is 3.10. The van der Waals surface area contributed by atoms with Crippen molar-refractivity contribution in [1.29, 1.82) is 0 Å². The Balaban J connectivity index is 1.83. The number of hydrogen-bond acceptors (Lipinski definition) is 4. The lowest BCUT2D eigenvalue weighted by Gasteiger charge is -2.33. The molecule has 1 saturated heterocycles. The van der Waals surface area contributed by atoms with E-state index in [1.54, 1.807) is 0 Å².